The summed E-state index contributed by atoms with van der Waals surface area (Å²) in [6.07, 6.45) is -0.255. The van der Waals surface area contributed by atoms with E-state index in [1.54, 1.807) is 6.92 Å². The van der Waals surface area contributed by atoms with Crippen molar-refractivity contribution in [2.75, 3.05) is 0 Å². The fourth-order valence-corrected chi connectivity index (χ4v) is 1.41. The van der Waals surface area contributed by atoms with Crippen LogP contribution in [0.5, 0.6) is 0 Å². The van der Waals surface area contributed by atoms with Crippen LogP contribution in [0.1, 0.15) is 32.9 Å². The van der Waals surface area contributed by atoms with Gasteiger partial charge < -0.3 is 4.74 Å². The Hall–Kier alpha value is -2.38. The number of nitrogens with one attached hydrogen (secondary N) is 2. The molecule has 0 aromatic carbocycles. The molecule has 0 aliphatic rings. The zero-order valence-corrected chi connectivity index (χ0v) is 10.7. The molecule has 104 valence electrons. The number of ether oxygens (including phenoxy) is 1. The number of hydrogen-bond acceptors (Lipinski definition) is 5. The quantitative estimate of drug-likeness (QED) is 0.559. The molecule has 0 spiro atoms. The van der Waals surface area contributed by atoms with Crippen molar-refractivity contribution in [3.8, 4) is 0 Å². The first-order chi connectivity index (χ1) is 8.86. The summed E-state index contributed by atoms with van der Waals surface area (Å²) < 4.78 is 5.68. The van der Waals surface area contributed by atoms with Crippen LogP contribution in [0.15, 0.2) is 26.5 Å². The van der Waals surface area contributed by atoms with Gasteiger partial charge in [0.05, 0.1) is 0 Å². The maximum absolute atomic E-state index is 11.6. The lowest BCUT2D eigenvalue weighted by molar-refractivity contribution is -0.149. The molecular formula is C11H15N3O5. The summed E-state index contributed by atoms with van der Waals surface area (Å²) in [5, 5.41) is 0. The molecule has 0 bridgehead atoms. The highest BCUT2D eigenvalue weighted by atomic mass is 16.6. The van der Waals surface area contributed by atoms with Crippen molar-refractivity contribution in [3.05, 3.63) is 43.6 Å². The molecule has 1 rings (SSSR count). The van der Waals surface area contributed by atoms with Crippen LogP contribution in [0.3, 0.4) is 0 Å². The first kappa shape index (κ1) is 14.7. The van der Waals surface area contributed by atoms with Crippen molar-refractivity contribution in [1.82, 2.24) is 14.5 Å². The predicted octanol–water partition coefficient (Wildman–Crippen LogP) is -0.357. The van der Waals surface area contributed by atoms with Gasteiger partial charge in [-0.25, -0.2) is 23.7 Å². The molecule has 0 saturated heterocycles. The van der Waals surface area contributed by atoms with E-state index in [1.165, 1.54) is 6.92 Å². The molecule has 2 N–H and O–H groups in total. The number of carbonyl (C=O) groups excluding carboxylic acids is 1. The molecule has 1 aromatic rings. The van der Waals surface area contributed by atoms with Crippen LogP contribution in [0.2, 0.25) is 0 Å². The topological polar surface area (TPSA) is 114 Å². The van der Waals surface area contributed by atoms with Crippen LogP contribution in [0, 0.1) is 0 Å². The lowest BCUT2D eigenvalue weighted by atomic mass is 10.3. The van der Waals surface area contributed by atoms with Gasteiger partial charge in [0.2, 0.25) is 0 Å². The number of H-pyrrole nitrogens is 2. The molecule has 0 amide bonds. The molecule has 8 nitrogen and oxygen atoms in total. The highest BCUT2D eigenvalue weighted by Gasteiger charge is 2.20. The van der Waals surface area contributed by atoms with E-state index in [1.807, 2.05) is 9.97 Å². The fraction of sp³-hybridized carbons (Fsp3) is 0.455. The summed E-state index contributed by atoms with van der Waals surface area (Å²) >= 11 is 0. The molecule has 1 aromatic heterocycles. The van der Waals surface area contributed by atoms with Gasteiger partial charge in [0.1, 0.15) is 0 Å². The number of rotatable bonds is 5. The zero-order chi connectivity index (χ0) is 14.6. The number of nitrogens with zero attached hydrogens (tertiary/aromatic N) is 1. The van der Waals surface area contributed by atoms with E-state index in [2.05, 4.69) is 6.58 Å². The summed E-state index contributed by atoms with van der Waals surface area (Å²) in [4.78, 5) is 49.4. The number of aromatic amines is 2. The van der Waals surface area contributed by atoms with E-state index >= 15 is 0 Å². The molecule has 1 heterocycles. The standard InChI is InChI=1S/C11H15N3O5/c1-4-5-7(19-8(15)6(2)3)14-10(17)12-9(16)13-11(14)18/h7H,2,4-5H2,1,3H3,(H2,12,13,16,17,18). The van der Waals surface area contributed by atoms with Gasteiger partial charge in [-0.2, -0.15) is 0 Å². The summed E-state index contributed by atoms with van der Waals surface area (Å²) in [6, 6.07) is 0. The molecule has 0 fully saturated rings. The molecular weight excluding hydrogens is 254 g/mol. The summed E-state index contributed by atoms with van der Waals surface area (Å²) in [6.45, 7) is 6.66. The minimum absolute atomic E-state index is 0.148. The average Bonchev–Trinajstić information content (AvgIpc) is 2.27. The van der Waals surface area contributed by atoms with E-state index < -0.39 is 29.3 Å². The van der Waals surface area contributed by atoms with Gasteiger partial charge in [0, 0.05) is 12.0 Å². The van der Waals surface area contributed by atoms with Crippen LogP contribution in [-0.2, 0) is 9.53 Å². The van der Waals surface area contributed by atoms with E-state index in [4.69, 9.17) is 4.74 Å². The van der Waals surface area contributed by atoms with E-state index in [9.17, 15) is 19.2 Å². The van der Waals surface area contributed by atoms with Gasteiger partial charge in [-0.1, -0.05) is 19.9 Å². The Labute approximate surface area is 107 Å². The van der Waals surface area contributed by atoms with Gasteiger partial charge in [-0.3, -0.25) is 9.97 Å². The zero-order valence-electron chi connectivity index (χ0n) is 10.7. The summed E-state index contributed by atoms with van der Waals surface area (Å²) in [7, 11) is 0. The second kappa shape index (κ2) is 5.98. The molecule has 8 heteroatoms. The van der Waals surface area contributed by atoms with Crippen LogP contribution >= 0.6 is 0 Å². The Morgan fingerprint density at radius 2 is 1.84 bits per heavy atom. The second-order valence-corrected chi connectivity index (χ2v) is 3.99. The molecule has 0 aliphatic heterocycles. The van der Waals surface area contributed by atoms with Crippen molar-refractivity contribution in [2.24, 2.45) is 0 Å². The van der Waals surface area contributed by atoms with Gasteiger partial charge in [-0.15, -0.1) is 0 Å². The number of hydrogen-bond donors (Lipinski definition) is 2. The average molecular weight is 269 g/mol. The van der Waals surface area contributed by atoms with E-state index in [0.717, 1.165) is 0 Å². The first-order valence-electron chi connectivity index (χ1n) is 5.68. The monoisotopic (exact) mass is 269 g/mol. The maximum Gasteiger partial charge on any atom is 0.336 e. The number of esters is 1. The Bertz CT molecular complexity index is 617. The smallest absolute Gasteiger partial charge is 0.336 e. The Morgan fingerprint density at radius 3 is 2.26 bits per heavy atom. The minimum atomic E-state index is -1.08. The van der Waals surface area contributed by atoms with Crippen LogP contribution in [0.4, 0.5) is 0 Å². The Balaban J connectivity index is 3.24. The van der Waals surface area contributed by atoms with Crippen molar-refractivity contribution in [3.63, 3.8) is 0 Å². The maximum atomic E-state index is 11.6. The molecule has 0 aliphatic carbocycles. The lowest BCUT2D eigenvalue weighted by Gasteiger charge is -2.18. The summed E-state index contributed by atoms with van der Waals surface area (Å²) in [5.41, 5.74) is -2.62. The third-order valence-corrected chi connectivity index (χ3v) is 2.29. The van der Waals surface area contributed by atoms with Crippen molar-refractivity contribution < 1.29 is 9.53 Å². The summed E-state index contributed by atoms with van der Waals surface area (Å²) in [5.74, 6) is -0.712. The van der Waals surface area contributed by atoms with Crippen LogP contribution in [-0.4, -0.2) is 20.5 Å². The predicted molar refractivity (Wildman–Crippen MR) is 66.8 cm³/mol. The first-order valence-corrected chi connectivity index (χ1v) is 5.68. The van der Waals surface area contributed by atoms with Crippen molar-refractivity contribution in [2.45, 2.75) is 32.9 Å². The molecule has 0 radical (unpaired) electrons. The van der Waals surface area contributed by atoms with Gasteiger partial charge in [-0.05, 0) is 6.92 Å². The highest BCUT2D eigenvalue weighted by Crippen LogP contribution is 2.13. The number of aromatic nitrogens is 3. The van der Waals surface area contributed by atoms with Gasteiger partial charge in [0.15, 0.2) is 6.23 Å². The van der Waals surface area contributed by atoms with E-state index in [-0.39, 0.29) is 12.0 Å². The molecule has 1 atom stereocenters. The largest absolute Gasteiger partial charge is 0.438 e. The lowest BCUT2D eigenvalue weighted by Crippen LogP contribution is -2.46. The molecule has 0 saturated carbocycles. The minimum Gasteiger partial charge on any atom is -0.438 e. The van der Waals surface area contributed by atoms with Gasteiger partial charge in [0.25, 0.3) is 0 Å². The SMILES string of the molecule is C=C(C)C(=O)OC(CCC)n1c(=O)[nH]c(=O)[nH]c1=O. The fourth-order valence-electron chi connectivity index (χ4n) is 1.41. The van der Waals surface area contributed by atoms with Crippen LogP contribution in [0.25, 0.3) is 0 Å². The normalized spacial score (nSPS) is 11.9. The van der Waals surface area contributed by atoms with Gasteiger partial charge >= 0.3 is 23.0 Å². The number of carbonyl (C=O) groups is 1. The Morgan fingerprint density at radius 1 is 1.32 bits per heavy atom. The highest BCUT2D eigenvalue weighted by molar-refractivity contribution is 5.86. The molecule has 19 heavy (non-hydrogen) atoms. The molecule has 1 unspecified atom stereocenters. The second-order valence-electron chi connectivity index (χ2n) is 3.99. The third kappa shape index (κ3) is 3.54. The van der Waals surface area contributed by atoms with Crippen molar-refractivity contribution >= 4 is 5.97 Å². The van der Waals surface area contributed by atoms with Crippen LogP contribution < -0.4 is 17.1 Å². The Kier molecular flexibility index (Phi) is 4.62. The van der Waals surface area contributed by atoms with E-state index in [0.29, 0.717) is 11.0 Å². The third-order valence-electron chi connectivity index (χ3n) is 2.29. The van der Waals surface area contributed by atoms with Crippen molar-refractivity contribution in [1.29, 1.82) is 0 Å².